The summed E-state index contributed by atoms with van der Waals surface area (Å²) in [7, 11) is 1.71. The van der Waals surface area contributed by atoms with Crippen LogP contribution in [-0.4, -0.2) is 23.7 Å². The molecule has 1 amide bonds. The van der Waals surface area contributed by atoms with Crippen LogP contribution >= 0.6 is 11.6 Å². The van der Waals surface area contributed by atoms with Crippen LogP contribution in [0, 0.1) is 5.82 Å². The SMILES string of the molecule is CCC(=O)N(C)c1ccc(-c2ccc(C(=O)CCc3cccnc3Cl)cc2F)cc1. The van der Waals surface area contributed by atoms with E-state index >= 15 is 0 Å². The van der Waals surface area contributed by atoms with Crippen molar-refractivity contribution in [1.82, 2.24) is 4.98 Å². The van der Waals surface area contributed by atoms with Crippen LogP contribution in [0.1, 0.15) is 35.7 Å². The summed E-state index contributed by atoms with van der Waals surface area (Å²) in [5.74, 6) is -0.620. The highest BCUT2D eigenvalue weighted by Gasteiger charge is 2.13. The molecule has 0 aliphatic heterocycles. The van der Waals surface area contributed by atoms with Crippen molar-refractivity contribution in [1.29, 1.82) is 0 Å². The molecule has 0 aliphatic rings. The van der Waals surface area contributed by atoms with Crippen molar-refractivity contribution in [2.75, 3.05) is 11.9 Å². The van der Waals surface area contributed by atoms with Gasteiger partial charge in [0.25, 0.3) is 0 Å². The number of halogens is 2. The monoisotopic (exact) mass is 424 g/mol. The molecule has 4 nitrogen and oxygen atoms in total. The van der Waals surface area contributed by atoms with Crippen LogP contribution in [0.5, 0.6) is 0 Å². The maximum absolute atomic E-state index is 14.7. The topological polar surface area (TPSA) is 50.3 Å². The van der Waals surface area contributed by atoms with E-state index in [4.69, 9.17) is 11.6 Å². The van der Waals surface area contributed by atoms with Crippen LogP contribution in [0.25, 0.3) is 11.1 Å². The average molecular weight is 425 g/mol. The molecule has 0 unspecified atom stereocenters. The van der Waals surface area contributed by atoms with E-state index in [9.17, 15) is 14.0 Å². The van der Waals surface area contributed by atoms with E-state index in [0.717, 1.165) is 11.3 Å². The lowest BCUT2D eigenvalue weighted by Gasteiger charge is -2.17. The van der Waals surface area contributed by atoms with Crippen LogP contribution in [0.3, 0.4) is 0 Å². The third kappa shape index (κ3) is 4.92. The van der Waals surface area contributed by atoms with Crippen LogP contribution in [0.4, 0.5) is 10.1 Å². The number of pyridine rings is 1. The quantitative estimate of drug-likeness (QED) is 0.359. The number of nitrogens with zero attached hydrogens (tertiary/aromatic N) is 2. The Labute approximate surface area is 180 Å². The van der Waals surface area contributed by atoms with Crippen LogP contribution < -0.4 is 4.90 Å². The first-order valence-electron chi connectivity index (χ1n) is 9.69. The lowest BCUT2D eigenvalue weighted by Crippen LogP contribution is -2.24. The molecular weight excluding hydrogens is 403 g/mol. The second-order valence-corrected chi connectivity index (χ2v) is 7.28. The van der Waals surface area contributed by atoms with Gasteiger partial charge in [-0.1, -0.05) is 48.9 Å². The zero-order chi connectivity index (χ0) is 21.7. The highest BCUT2D eigenvalue weighted by molar-refractivity contribution is 6.30. The molecule has 154 valence electrons. The highest BCUT2D eigenvalue weighted by atomic mass is 35.5. The average Bonchev–Trinajstić information content (AvgIpc) is 2.77. The van der Waals surface area contributed by atoms with Gasteiger partial charge in [-0.25, -0.2) is 9.37 Å². The van der Waals surface area contributed by atoms with Crippen molar-refractivity contribution in [2.45, 2.75) is 26.2 Å². The number of carbonyl (C=O) groups excluding carboxylic acids is 2. The van der Waals surface area contributed by atoms with E-state index in [0.29, 0.717) is 34.7 Å². The van der Waals surface area contributed by atoms with E-state index in [1.165, 1.54) is 6.07 Å². The van der Waals surface area contributed by atoms with E-state index in [2.05, 4.69) is 4.98 Å². The number of amides is 1. The largest absolute Gasteiger partial charge is 0.316 e. The number of aromatic nitrogens is 1. The molecule has 30 heavy (non-hydrogen) atoms. The van der Waals surface area contributed by atoms with Gasteiger partial charge >= 0.3 is 0 Å². The summed E-state index contributed by atoms with van der Waals surface area (Å²) >= 11 is 6.02. The van der Waals surface area contributed by atoms with Crippen LogP contribution in [0.2, 0.25) is 5.15 Å². The summed E-state index contributed by atoms with van der Waals surface area (Å²) in [6, 6.07) is 15.2. The molecule has 0 spiro atoms. The van der Waals surface area contributed by atoms with Gasteiger partial charge in [-0.05, 0) is 41.8 Å². The summed E-state index contributed by atoms with van der Waals surface area (Å²) in [6.07, 6.45) is 2.67. The van der Waals surface area contributed by atoms with Crippen molar-refractivity contribution in [2.24, 2.45) is 0 Å². The van der Waals surface area contributed by atoms with Gasteiger partial charge in [0.2, 0.25) is 5.91 Å². The molecule has 1 heterocycles. The molecule has 3 rings (SSSR count). The molecule has 0 saturated carbocycles. The maximum Gasteiger partial charge on any atom is 0.226 e. The highest BCUT2D eigenvalue weighted by Crippen LogP contribution is 2.27. The molecule has 6 heteroatoms. The van der Waals surface area contributed by atoms with Gasteiger partial charge in [0.1, 0.15) is 11.0 Å². The molecule has 3 aromatic rings. The maximum atomic E-state index is 14.7. The van der Waals surface area contributed by atoms with Crippen LogP contribution in [0.15, 0.2) is 60.8 Å². The minimum Gasteiger partial charge on any atom is -0.316 e. The minimum atomic E-state index is -0.467. The van der Waals surface area contributed by atoms with Crippen molar-refractivity contribution in [3.8, 4) is 11.1 Å². The summed E-state index contributed by atoms with van der Waals surface area (Å²) in [4.78, 5) is 29.8. The molecular formula is C24H22ClFN2O2. The minimum absolute atomic E-state index is 0.00404. The Hall–Kier alpha value is -3.05. The number of ketones is 1. The molecule has 0 bridgehead atoms. The van der Waals surface area contributed by atoms with Crippen molar-refractivity contribution < 1.29 is 14.0 Å². The lowest BCUT2D eigenvalue weighted by atomic mass is 9.99. The zero-order valence-corrected chi connectivity index (χ0v) is 17.6. The van der Waals surface area contributed by atoms with Gasteiger partial charge in [0.05, 0.1) is 0 Å². The fraction of sp³-hybridized carbons (Fsp3) is 0.208. The molecule has 0 fully saturated rings. The Kier molecular flexibility index (Phi) is 6.95. The van der Waals surface area contributed by atoms with E-state index in [1.54, 1.807) is 67.5 Å². The Balaban J connectivity index is 1.72. The number of hydrogen-bond acceptors (Lipinski definition) is 3. The third-order valence-corrected chi connectivity index (χ3v) is 5.33. The number of anilines is 1. The molecule has 1 aromatic heterocycles. The number of Topliss-reactive ketones (excluding diaryl/α,β-unsaturated/α-hetero) is 1. The van der Waals surface area contributed by atoms with E-state index in [1.807, 2.05) is 6.07 Å². The molecule has 0 atom stereocenters. The smallest absolute Gasteiger partial charge is 0.226 e. The Morgan fingerprint density at radius 1 is 1.10 bits per heavy atom. The van der Waals surface area contributed by atoms with Crippen molar-refractivity contribution >= 4 is 29.0 Å². The fourth-order valence-corrected chi connectivity index (χ4v) is 3.38. The standard InChI is InChI=1S/C24H22ClFN2O2/c1-3-23(30)28(2)19-10-6-16(7-11-19)20-12-8-18(15-21(20)26)22(29)13-9-17-5-4-14-27-24(17)25/h4-8,10-12,14-15H,3,9,13H2,1-2H3. The number of aryl methyl sites for hydroxylation is 1. The predicted molar refractivity (Wildman–Crippen MR) is 117 cm³/mol. The van der Waals surface area contributed by atoms with Gasteiger partial charge in [0.15, 0.2) is 5.78 Å². The first kappa shape index (κ1) is 21.7. The van der Waals surface area contributed by atoms with Crippen molar-refractivity contribution in [3.63, 3.8) is 0 Å². The Morgan fingerprint density at radius 3 is 2.47 bits per heavy atom. The summed E-state index contributed by atoms with van der Waals surface area (Å²) in [5.41, 5.74) is 2.93. The molecule has 0 radical (unpaired) electrons. The molecule has 0 aliphatic carbocycles. The number of benzene rings is 2. The fourth-order valence-electron chi connectivity index (χ4n) is 3.17. The van der Waals surface area contributed by atoms with Gasteiger partial charge in [0, 0.05) is 42.9 Å². The van der Waals surface area contributed by atoms with E-state index < -0.39 is 5.82 Å². The first-order valence-corrected chi connectivity index (χ1v) is 10.1. The lowest BCUT2D eigenvalue weighted by molar-refractivity contribution is -0.118. The number of hydrogen-bond donors (Lipinski definition) is 0. The van der Waals surface area contributed by atoms with Gasteiger partial charge in [-0.15, -0.1) is 0 Å². The first-order chi connectivity index (χ1) is 14.4. The molecule has 0 saturated heterocycles. The van der Waals surface area contributed by atoms with Gasteiger partial charge in [-0.3, -0.25) is 9.59 Å². The second-order valence-electron chi connectivity index (χ2n) is 6.92. The number of rotatable bonds is 7. The van der Waals surface area contributed by atoms with Crippen LogP contribution in [-0.2, 0) is 11.2 Å². The van der Waals surface area contributed by atoms with Crippen molar-refractivity contribution in [3.05, 3.63) is 82.9 Å². The van der Waals surface area contributed by atoms with Gasteiger partial charge in [-0.2, -0.15) is 0 Å². The Bertz CT molecular complexity index is 1070. The normalized spacial score (nSPS) is 10.7. The predicted octanol–water partition coefficient (Wildman–Crippen LogP) is 5.73. The summed E-state index contributed by atoms with van der Waals surface area (Å²) in [6.45, 7) is 1.80. The van der Waals surface area contributed by atoms with Gasteiger partial charge < -0.3 is 4.90 Å². The van der Waals surface area contributed by atoms with E-state index in [-0.39, 0.29) is 18.1 Å². The third-order valence-electron chi connectivity index (χ3n) is 4.99. The molecule has 2 aromatic carbocycles. The zero-order valence-electron chi connectivity index (χ0n) is 16.9. The summed E-state index contributed by atoms with van der Waals surface area (Å²) in [5, 5.41) is 0.376. The summed E-state index contributed by atoms with van der Waals surface area (Å²) < 4.78 is 14.7. The number of carbonyl (C=O) groups is 2. The Morgan fingerprint density at radius 2 is 1.83 bits per heavy atom. The molecule has 0 N–H and O–H groups in total. The second kappa shape index (κ2) is 9.63.